The smallest absolute Gasteiger partial charge is 0.184 e. The first kappa shape index (κ1) is 41.4. The van der Waals surface area contributed by atoms with Crippen LogP contribution in [0, 0.1) is 0 Å². The van der Waals surface area contributed by atoms with Gasteiger partial charge in [-0.05, 0) is 121 Å². The van der Waals surface area contributed by atoms with E-state index in [4.69, 9.17) is 0 Å². The van der Waals surface area contributed by atoms with Gasteiger partial charge in [0.25, 0.3) is 0 Å². The first-order valence-corrected chi connectivity index (χ1v) is 27.3. The largest absolute Gasteiger partial charge is 0.311 e. The van der Waals surface area contributed by atoms with Crippen molar-refractivity contribution >= 4 is 94.5 Å². The maximum Gasteiger partial charge on any atom is 0.184 e. The Kier molecular flexibility index (Phi) is 9.66. The van der Waals surface area contributed by atoms with Gasteiger partial charge < -0.3 is 9.80 Å². The molecule has 334 valence electrons. The number of benzene rings is 11. The maximum absolute atomic E-state index is 2.72. The van der Waals surface area contributed by atoms with Crippen LogP contribution in [0.3, 0.4) is 0 Å². The Bertz CT molecular complexity index is 3780. The van der Waals surface area contributed by atoms with Crippen LogP contribution in [0.15, 0.2) is 279 Å². The van der Waals surface area contributed by atoms with Crippen LogP contribution in [-0.2, 0) is 5.41 Å². The summed E-state index contributed by atoms with van der Waals surface area (Å²) in [4.78, 5) is 5.00. The average molecular weight is 939 g/mol. The topological polar surface area (TPSA) is 6.48 Å². The lowest BCUT2D eigenvalue weighted by Gasteiger charge is -2.46. The Morgan fingerprint density at radius 2 is 0.732 bits per heavy atom. The third-order valence-corrected chi connectivity index (χ3v) is 21.2. The Hall–Kier alpha value is -8.54. The number of anilines is 6. The molecule has 0 radical (unpaired) electrons. The third kappa shape index (κ3) is 6.18. The van der Waals surface area contributed by atoms with Crippen LogP contribution >= 0.6 is 11.3 Å². The van der Waals surface area contributed by atoms with E-state index in [0.717, 1.165) is 11.4 Å². The minimum atomic E-state index is -2.72. The molecule has 0 saturated carbocycles. The summed E-state index contributed by atoms with van der Waals surface area (Å²) in [7, 11) is -2.72. The predicted molar refractivity (Wildman–Crippen MR) is 303 cm³/mol. The second-order valence-electron chi connectivity index (χ2n) is 18.7. The molecule has 2 nitrogen and oxygen atoms in total. The van der Waals surface area contributed by atoms with Crippen molar-refractivity contribution in [2.45, 2.75) is 5.41 Å². The van der Waals surface area contributed by atoms with Gasteiger partial charge in [0, 0.05) is 42.9 Å². The SMILES string of the molecule is c1ccc(C2(c3ccccc3)c3ccccc3N(c3cccc(-c4ccc5sc6ccc(N7c8ccccc8[Si](c8ccccc8)(c8ccccc8)c8ccccc87)cc6c5c4)c3)c3ccccc32)cc1. The highest BCUT2D eigenvalue weighted by molar-refractivity contribution is 7.25. The first-order valence-electron chi connectivity index (χ1n) is 24.5. The highest BCUT2D eigenvalue weighted by Gasteiger charge is 2.49. The number of fused-ring (bicyclic) bond motifs is 7. The lowest BCUT2D eigenvalue weighted by molar-refractivity contribution is 0.731. The lowest BCUT2D eigenvalue weighted by Crippen LogP contribution is -2.77. The Balaban J connectivity index is 0.903. The van der Waals surface area contributed by atoms with E-state index in [-0.39, 0.29) is 0 Å². The first-order chi connectivity index (χ1) is 35.2. The highest BCUT2D eigenvalue weighted by atomic mass is 32.1. The minimum Gasteiger partial charge on any atom is -0.311 e. The number of nitrogens with zero attached hydrogens (tertiary/aromatic N) is 2. The van der Waals surface area contributed by atoms with Crippen LogP contribution < -0.4 is 30.5 Å². The standard InChI is InChI=1S/C67H46N2SSi/c1-5-23-49(24-6-1)67(50-25-7-2-8-26-50)57-32-13-15-34-59(57)68(60-35-16-14-33-58(60)67)51-27-21-22-47(44-51)48-40-42-63-55(45-48)56-46-52(41-43-64(56)70-63)69-61-36-17-19-38-65(61)71(53-28-9-3-10-29-53,54-30-11-4-12-31-54)66-39-20-18-37-62(66)69/h1-46H. The Morgan fingerprint density at radius 3 is 1.30 bits per heavy atom. The Morgan fingerprint density at radius 1 is 0.310 bits per heavy atom. The van der Waals surface area contributed by atoms with E-state index in [0.29, 0.717) is 0 Å². The number of rotatable bonds is 7. The van der Waals surface area contributed by atoms with E-state index >= 15 is 0 Å². The summed E-state index contributed by atoms with van der Waals surface area (Å²) >= 11 is 1.87. The molecule has 0 spiro atoms. The van der Waals surface area contributed by atoms with Crippen molar-refractivity contribution in [3.63, 3.8) is 0 Å². The summed E-state index contributed by atoms with van der Waals surface area (Å²) in [6, 6.07) is 104. The molecule has 0 amide bonds. The molecule has 11 aromatic carbocycles. The molecule has 0 saturated heterocycles. The molecule has 14 rings (SSSR count). The zero-order chi connectivity index (χ0) is 46.9. The molecule has 71 heavy (non-hydrogen) atoms. The lowest BCUT2D eigenvalue weighted by atomic mass is 9.62. The molecular weight excluding hydrogens is 893 g/mol. The van der Waals surface area contributed by atoms with Gasteiger partial charge in [0.15, 0.2) is 8.07 Å². The van der Waals surface area contributed by atoms with Gasteiger partial charge in [-0.25, -0.2) is 0 Å². The zero-order valence-corrected chi connectivity index (χ0v) is 40.7. The summed E-state index contributed by atoms with van der Waals surface area (Å²) in [6.45, 7) is 0. The molecule has 0 bridgehead atoms. The molecule has 2 aliphatic heterocycles. The molecule has 2 aliphatic rings. The third-order valence-electron chi connectivity index (χ3n) is 15.2. The van der Waals surface area contributed by atoms with Crippen molar-refractivity contribution < 1.29 is 0 Å². The van der Waals surface area contributed by atoms with Crippen LogP contribution in [0.2, 0.25) is 0 Å². The van der Waals surface area contributed by atoms with Gasteiger partial charge in [-0.2, -0.15) is 0 Å². The normalized spacial score (nSPS) is 14.1. The fourth-order valence-electron chi connectivity index (χ4n) is 12.3. The zero-order valence-electron chi connectivity index (χ0n) is 38.9. The number of thiophene rings is 1. The fourth-order valence-corrected chi connectivity index (χ4v) is 18.5. The monoisotopic (exact) mass is 938 g/mol. The van der Waals surface area contributed by atoms with E-state index < -0.39 is 13.5 Å². The molecule has 12 aromatic rings. The van der Waals surface area contributed by atoms with Crippen molar-refractivity contribution in [2.75, 3.05) is 9.80 Å². The van der Waals surface area contributed by atoms with Crippen molar-refractivity contribution in [1.82, 2.24) is 0 Å². The maximum atomic E-state index is 2.52. The van der Waals surface area contributed by atoms with Crippen molar-refractivity contribution in [3.8, 4) is 11.1 Å². The molecule has 0 fully saturated rings. The van der Waals surface area contributed by atoms with Gasteiger partial charge in [0.2, 0.25) is 0 Å². The van der Waals surface area contributed by atoms with Crippen LogP contribution in [0.5, 0.6) is 0 Å². The summed E-state index contributed by atoms with van der Waals surface area (Å²) in [6.07, 6.45) is 0. The molecular formula is C67H46N2SSi. The van der Waals surface area contributed by atoms with Gasteiger partial charge in [-0.15, -0.1) is 11.3 Å². The molecule has 4 heteroatoms. The number of para-hydroxylation sites is 4. The fraction of sp³-hybridized carbons (Fsp3) is 0.0149. The second-order valence-corrected chi connectivity index (χ2v) is 23.6. The van der Waals surface area contributed by atoms with Crippen molar-refractivity contribution in [1.29, 1.82) is 0 Å². The van der Waals surface area contributed by atoms with E-state index in [1.54, 1.807) is 0 Å². The van der Waals surface area contributed by atoms with E-state index in [1.165, 1.54) is 97.0 Å². The van der Waals surface area contributed by atoms with Crippen molar-refractivity contribution in [3.05, 3.63) is 301 Å². The van der Waals surface area contributed by atoms with Gasteiger partial charge in [-0.3, -0.25) is 0 Å². The molecule has 1 aromatic heterocycles. The highest BCUT2D eigenvalue weighted by Crippen LogP contribution is 2.58. The van der Waals surface area contributed by atoms with E-state index in [2.05, 4.69) is 289 Å². The number of hydrogen-bond acceptors (Lipinski definition) is 3. The van der Waals surface area contributed by atoms with E-state index in [1.807, 2.05) is 11.3 Å². The number of hydrogen-bond donors (Lipinski definition) is 0. The molecule has 0 N–H and O–H groups in total. The van der Waals surface area contributed by atoms with Crippen LogP contribution in [-0.4, -0.2) is 8.07 Å². The summed E-state index contributed by atoms with van der Waals surface area (Å²) in [5, 5.41) is 8.13. The van der Waals surface area contributed by atoms with Crippen LogP contribution in [0.1, 0.15) is 22.3 Å². The summed E-state index contributed by atoms with van der Waals surface area (Å²) < 4.78 is 2.57. The van der Waals surface area contributed by atoms with Crippen molar-refractivity contribution in [2.24, 2.45) is 0 Å². The molecule has 0 unspecified atom stereocenters. The molecule has 0 aliphatic carbocycles. The average Bonchev–Trinajstić information content (AvgIpc) is 3.82. The second kappa shape index (κ2) is 16.6. The summed E-state index contributed by atoms with van der Waals surface area (Å²) in [5.41, 5.74) is 14.0. The van der Waals surface area contributed by atoms with Gasteiger partial charge in [-0.1, -0.05) is 212 Å². The molecule has 0 atom stereocenters. The minimum absolute atomic E-state index is 0.513. The van der Waals surface area contributed by atoms with Gasteiger partial charge in [0.1, 0.15) is 0 Å². The quantitative estimate of drug-likeness (QED) is 0.147. The van der Waals surface area contributed by atoms with Crippen LogP contribution in [0.25, 0.3) is 31.3 Å². The molecule has 3 heterocycles. The van der Waals surface area contributed by atoms with Gasteiger partial charge >= 0.3 is 0 Å². The van der Waals surface area contributed by atoms with Crippen LogP contribution in [0.4, 0.5) is 34.1 Å². The predicted octanol–water partition coefficient (Wildman–Crippen LogP) is 15.0. The summed E-state index contributed by atoms with van der Waals surface area (Å²) in [5.74, 6) is 0. The van der Waals surface area contributed by atoms with Gasteiger partial charge in [0.05, 0.1) is 16.8 Å². The van der Waals surface area contributed by atoms with E-state index in [9.17, 15) is 0 Å². The Labute approximate surface area is 419 Å².